The van der Waals surface area contributed by atoms with Gasteiger partial charge < -0.3 is 219 Å². The third-order valence-electron chi connectivity index (χ3n) is 25.9. The molecule has 9 rings (SSSR count). The normalized spacial score (nSPS) is 41.9. The highest BCUT2D eigenvalue weighted by Crippen LogP contribution is 2.42. The maximum absolute atomic E-state index is 12.0. The van der Waals surface area contributed by atoms with Gasteiger partial charge in [0, 0.05) is 10.8 Å². The first-order valence-corrected chi connectivity index (χ1v) is 45.2. The summed E-state index contributed by atoms with van der Waals surface area (Å²) in [6.07, 6.45) is -57.7. The quantitative estimate of drug-likeness (QED) is 0.0269. The molecule has 8 fully saturated rings. The summed E-state index contributed by atoms with van der Waals surface area (Å²) in [5, 5.41) is 307. The predicted octanol–water partition coefficient (Wildman–Crippen LogP) is -8.85. The topological polar surface area (TPSA) is 714 Å². The molecule has 8 saturated heterocycles. The number of aliphatic hydroxyl groups is 28. The van der Waals surface area contributed by atoms with Crippen molar-refractivity contribution in [2.45, 2.75) is 401 Å². The second kappa shape index (κ2) is 52.9. The molecule has 44 nitrogen and oxygen atoms in total. The first kappa shape index (κ1) is 109. The maximum atomic E-state index is 12.0. The van der Waals surface area contributed by atoms with Crippen molar-refractivity contribution in [2.75, 3.05) is 79.3 Å². The molecular formula is C84H146O44. The maximum Gasteiger partial charge on any atom is 0.187 e. The second-order valence-corrected chi connectivity index (χ2v) is 35.6. The van der Waals surface area contributed by atoms with Crippen LogP contribution in [0.3, 0.4) is 0 Å². The van der Waals surface area contributed by atoms with Crippen LogP contribution in [0.4, 0.5) is 0 Å². The molecule has 746 valence electrons. The van der Waals surface area contributed by atoms with Crippen molar-refractivity contribution < 1.29 is 219 Å². The predicted molar refractivity (Wildman–Crippen MR) is 432 cm³/mol. The molecule has 8 aliphatic rings. The Morgan fingerprint density at radius 1 is 0.219 bits per heavy atom. The van der Waals surface area contributed by atoms with Crippen molar-refractivity contribution in [1.29, 1.82) is 0 Å². The van der Waals surface area contributed by atoms with E-state index in [1.807, 2.05) is 0 Å². The Balaban J connectivity index is 1.07. The van der Waals surface area contributed by atoms with Gasteiger partial charge in [0.1, 0.15) is 195 Å². The summed E-state index contributed by atoms with van der Waals surface area (Å²) < 4.78 is 96.4. The summed E-state index contributed by atoms with van der Waals surface area (Å²) in [4.78, 5) is 0. The molecule has 40 atom stereocenters. The average Bonchev–Trinajstić information content (AvgIpc) is 0.789. The first-order chi connectivity index (χ1) is 61.3. The van der Waals surface area contributed by atoms with E-state index in [1.165, 1.54) is 0 Å². The number of unbranched alkanes of at least 4 members (excludes halogenated alkanes) is 16. The van der Waals surface area contributed by atoms with Crippen LogP contribution in [0.5, 0.6) is 0 Å². The Bertz CT molecular complexity index is 2840. The monoisotopic (exact) mass is 1860 g/mol. The minimum Gasteiger partial charge on any atom is -0.394 e. The van der Waals surface area contributed by atoms with E-state index in [9.17, 15) is 143 Å². The van der Waals surface area contributed by atoms with Crippen molar-refractivity contribution in [3.05, 3.63) is 35.4 Å². The molecule has 0 bridgehead atoms. The van der Waals surface area contributed by atoms with Crippen LogP contribution >= 0.6 is 0 Å². The molecule has 1 aromatic carbocycles. The van der Waals surface area contributed by atoms with Gasteiger partial charge in [-0.15, -0.1) is 0 Å². The highest BCUT2D eigenvalue weighted by atomic mass is 16.8. The average molecular weight is 1860 g/mol. The van der Waals surface area contributed by atoms with E-state index in [4.69, 9.17) is 75.8 Å². The molecule has 0 amide bonds. The first-order valence-electron chi connectivity index (χ1n) is 45.2. The van der Waals surface area contributed by atoms with E-state index in [-0.39, 0.29) is 25.7 Å². The van der Waals surface area contributed by atoms with Crippen molar-refractivity contribution in [3.63, 3.8) is 0 Å². The van der Waals surface area contributed by atoms with Crippen LogP contribution in [0.2, 0.25) is 0 Å². The summed E-state index contributed by atoms with van der Waals surface area (Å²) in [7, 11) is 0. The molecular weight excluding hydrogens is 1710 g/mol. The molecule has 44 heteroatoms. The number of benzene rings is 1. The fraction of sp³-hybridized carbons (Fsp3) is 0.929. The van der Waals surface area contributed by atoms with Gasteiger partial charge in [0.05, 0.1) is 79.3 Å². The van der Waals surface area contributed by atoms with Crippen LogP contribution < -0.4 is 0 Å². The molecule has 128 heavy (non-hydrogen) atoms. The summed E-state index contributed by atoms with van der Waals surface area (Å²) in [5.74, 6) is 0. The van der Waals surface area contributed by atoms with E-state index in [0.717, 1.165) is 89.9 Å². The fourth-order valence-corrected chi connectivity index (χ4v) is 17.8. The van der Waals surface area contributed by atoms with E-state index >= 15 is 0 Å². The third kappa shape index (κ3) is 27.9. The van der Waals surface area contributed by atoms with Crippen molar-refractivity contribution in [2.24, 2.45) is 10.8 Å². The highest BCUT2D eigenvalue weighted by Gasteiger charge is 2.58. The lowest BCUT2D eigenvalue weighted by molar-refractivity contribution is -0.365. The van der Waals surface area contributed by atoms with Crippen LogP contribution in [0.1, 0.15) is 153 Å². The molecule has 0 saturated carbocycles. The van der Waals surface area contributed by atoms with Crippen LogP contribution in [0, 0.1) is 10.8 Å². The Kier molecular flexibility index (Phi) is 45.1. The van der Waals surface area contributed by atoms with Crippen molar-refractivity contribution >= 4 is 0 Å². The smallest absolute Gasteiger partial charge is 0.187 e. The van der Waals surface area contributed by atoms with Crippen LogP contribution in [-0.4, -0.2) is 468 Å². The largest absolute Gasteiger partial charge is 0.394 e. The Hall–Kier alpha value is -2.54. The molecule has 0 radical (unpaired) electrons. The number of hydrogen-bond acceptors (Lipinski definition) is 44. The lowest BCUT2D eigenvalue weighted by Crippen LogP contribution is -2.65. The van der Waals surface area contributed by atoms with Gasteiger partial charge in [-0.3, -0.25) is 0 Å². The number of rotatable bonds is 52. The standard InChI is InChI=1S/C84H146O44/c1-3-5-7-9-11-13-15-17-19-25-83(37-113-75-67(109)59(101)71(47(33-89)121-75)125-79-63(105)55(97)51(93)43(29-85)117-79,38-114-76-68(110)60(102)72(48(34-90)122-76)126-80-64(106)56(98)52(94)44(30-86)118-80)27-41-21-23-42(24-22-41)28-84(26-20-18-16-14-12-10-8-6-4-2,39-115-77-69(111)61(103)73(49(35-91)123-77)127-81-65(107)57(99)53(95)45(31-87)119-81)40-116-78-70(112)62(104)74(50(36-92)124-78)128-82-66(108)58(100)54(96)46(32-88)120-82/h21-24,43-82,85-112H,3-20,25-40H2,1-2H3/t43?,44?,45?,46?,47?,48?,49?,50?,51-,52-,53-,54-,55+,56+,57+,58+,59-,60-,61-,62-,63?,64?,65?,66?,67?,68?,69?,70?,71-,72-,73-,74-,75-,76-,77-,78-,79-,80-,81-,82-,83?,84?/m1/s1. The SMILES string of the molecule is CCCCCCCCCCCC(CO[C@@H]1OC(CO)[C@@H](O[C@H]2OC(CO)[C@@H](O)[C@H](O)C2O)[C@H](O)C1O)(CO[C@@H]1OC(CO)[C@@H](O[C@H]2OC(CO)[C@@H](O)[C@H](O)C2O)[C@H](O)C1O)Cc1ccc(CC(CCCCCCCCCCC)(CO[C@@H]2OC(CO)[C@@H](O[C@H]3OC(CO)[C@@H](O)[C@H](O)C3O)[C@H](O)C2O)CO[C@@H]2OC(CO)[C@@H](O[C@H]3OC(CO)[C@@H](O)[C@H](O)C3O)[C@H](O)C2O)cc1. The molecule has 28 N–H and O–H groups in total. The molecule has 0 spiro atoms. The summed E-state index contributed by atoms with van der Waals surface area (Å²) in [5.41, 5.74) is -1.76. The van der Waals surface area contributed by atoms with Crippen LogP contribution in [0.15, 0.2) is 24.3 Å². The van der Waals surface area contributed by atoms with Gasteiger partial charge in [-0.05, 0) is 36.8 Å². The lowest BCUT2D eigenvalue weighted by Gasteiger charge is -2.47. The zero-order valence-electron chi connectivity index (χ0n) is 72.5. The van der Waals surface area contributed by atoms with E-state index in [0.29, 0.717) is 36.8 Å². The van der Waals surface area contributed by atoms with Crippen LogP contribution in [0.25, 0.3) is 0 Å². The van der Waals surface area contributed by atoms with Gasteiger partial charge in [0.15, 0.2) is 50.3 Å². The Morgan fingerprint density at radius 3 is 0.594 bits per heavy atom. The van der Waals surface area contributed by atoms with Gasteiger partial charge in [0.2, 0.25) is 0 Å². The second-order valence-electron chi connectivity index (χ2n) is 35.6. The number of ether oxygens (including phenoxy) is 16. The van der Waals surface area contributed by atoms with E-state index in [1.54, 1.807) is 24.3 Å². The number of aliphatic hydroxyl groups excluding tert-OH is 28. The summed E-state index contributed by atoms with van der Waals surface area (Å²) >= 11 is 0. The van der Waals surface area contributed by atoms with Crippen LogP contribution in [-0.2, 0) is 88.6 Å². The summed E-state index contributed by atoms with van der Waals surface area (Å²) in [6, 6.07) is 6.94. The van der Waals surface area contributed by atoms with Crippen molar-refractivity contribution in [1.82, 2.24) is 0 Å². The van der Waals surface area contributed by atoms with E-state index in [2.05, 4.69) is 13.8 Å². The van der Waals surface area contributed by atoms with Gasteiger partial charge in [-0.1, -0.05) is 154 Å². The van der Waals surface area contributed by atoms with Gasteiger partial charge >= 0.3 is 0 Å². The van der Waals surface area contributed by atoms with Crippen molar-refractivity contribution in [3.8, 4) is 0 Å². The van der Waals surface area contributed by atoms with Gasteiger partial charge in [0.25, 0.3) is 0 Å². The zero-order valence-corrected chi connectivity index (χ0v) is 72.5. The fourth-order valence-electron chi connectivity index (χ4n) is 17.8. The minimum atomic E-state index is -2.05. The molecule has 1 aromatic rings. The Morgan fingerprint density at radius 2 is 0.398 bits per heavy atom. The highest BCUT2D eigenvalue weighted by molar-refractivity contribution is 5.25. The Labute approximate surface area is 742 Å². The molecule has 8 heterocycles. The molecule has 16 unspecified atom stereocenters. The summed E-state index contributed by atoms with van der Waals surface area (Å²) in [6.45, 7) is -4.94. The molecule has 0 aliphatic carbocycles. The van der Waals surface area contributed by atoms with E-state index < -0.39 is 336 Å². The van der Waals surface area contributed by atoms with Gasteiger partial charge in [-0.2, -0.15) is 0 Å². The number of hydrogen-bond donors (Lipinski definition) is 28. The van der Waals surface area contributed by atoms with Gasteiger partial charge in [-0.25, -0.2) is 0 Å². The minimum absolute atomic E-state index is 0.0614. The third-order valence-corrected chi connectivity index (χ3v) is 25.9. The zero-order chi connectivity index (χ0) is 93.4. The lowest BCUT2D eigenvalue weighted by atomic mass is 9.76. The molecule has 0 aromatic heterocycles. The molecule has 8 aliphatic heterocycles.